The third-order valence-electron chi connectivity index (χ3n) is 4.17. The smallest absolute Gasteiger partial charge is 0.241 e. The van der Waals surface area contributed by atoms with Crippen LogP contribution in [0.5, 0.6) is 0 Å². The molecule has 1 saturated heterocycles. The summed E-state index contributed by atoms with van der Waals surface area (Å²) in [6, 6.07) is 9.86. The number of benzene rings is 1. The summed E-state index contributed by atoms with van der Waals surface area (Å²) in [6.45, 7) is 7.97. The molecule has 0 aromatic heterocycles. The first-order valence-corrected chi connectivity index (χ1v) is 7.36. The van der Waals surface area contributed by atoms with Crippen molar-refractivity contribution in [1.29, 1.82) is 0 Å². The second-order valence-electron chi connectivity index (χ2n) is 5.95. The van der Waals surface area contributed by atoms with Gasteiger partial charge in [-0.05, 0) is 44.0 Å². The van der Waals surface area contributed by atoms with E-state index in [-0.39, 0.29) is 11.3 Å². The van der Waals surface area contributed by atoms with Crippen LogP contribution in [0, 0.1) is 5.41 Å². The van der Waals surface area contributed by atoms with E-state index in [0.29, 0.717) is 19.6 Å². The lowest BCUT2D eigenvalue weighted by atomic mass is 9.90. The van der Waals surface area contributed by atoms with E-state index in [1.165, 1.54) is 0 Å². The van der Waals surface area contributed by atoms with E-state index in [9.17, 15) is 4.79 Å². The van der Waals surface area contributed by atoms with Crippen molar-refractivity contribution in [3.05, 3.63) is 30.3 Å². The molecule has 4 nitrogen and oxygen atoms in total. The fourth-order valence-corrected chi connectivity index (χ4v) is 2.82. The quantitative estimate of drug-likeness (QED) is 0.890. The van der Waals surface area contributed by atoms with Crippen LogP contribution < -0.4 is 10.6 Å². The number of hydrogen-bond donors (Lipinski definition) is 1. The Morgan fingerprint density at radius 3 is 2.65 bits per heavy atom. The number of para-hydroxylation sites is 1. The summed E-state index contributed by atoms with van der Waals surface area (Å²) >= 11 is 0. The summed E-state index contributed by atoms with van der Waals surface area (Å²) in [6.07, 6.45) is 1.08. The van der Waals surface area contributed by atoms with Crippen LogP contribution in [0.25, 0.3) is 0 Å². The second-order valence-corrected chi connectivity index (χ2v) is 5.95. The summed E-state index contributed by atoms with van der Waals surface area (Å²) in [5.41, 5.74) is 6.96. The van der Waals surface area contributed by atoms with Gasteiger partial charge >= 0.3 is 0 Å². The zero-order valence-corrected chi connectivity index (χ0v) is 12.5. The van der Waals surface area contributed by atoms with E-state index in [4.69, 9.17) is 5.73 Å². The maximum absolute atomic E-state index is 12.5. The molecule has 1 atom stereocenters. The maximum atomic E-state index is 12.5. The minimum Gasteiger partial charge on any atom is -0.330 e. The fourth-order valence-electron chi connectivity index (χ4n) is 2.82. The second kappa shape index (κ2) is 6.37. The van der Waals surface area contributed by atoms with E-state index >= 15 is 0 Å². The lowest BCUT2D eigenvalue weighted by Gasteiger charge is -2.26. The molecule has 0 aliphatic carbocycles. The largest absolute Gasteiger partial charge is 0.330 e. The third-order valence-corrected chi connectivity index (χ3v) is 4.17. The summed E-state index contributed by atoms with van der Waals surface area (Å²) < 4.78 is 0. The van der Waals surface area contributed by atoms with Crippen molar-refractivity contribution < 1.29 is 4.79 Å². The van der Waals surface area contributed by atoms with E-state index in [1.807, 2.05) is 42.2 Å². The molecule has 1 heterocycles. The molecule has 0 radical (unpaired) electrons. The summed E-state index contributed by atoms with van der Waals surface area (Å²) in [7, 11) is 0. The van der Waals surface area contributed by atoms with Crippen molar-refractivity contribution in [2.75, 3.05) is 37.6 Å². The van der Waals surface area contributed by atoms with Crippen molar-refractivity contribution in [3.8, 4) is 0 Å². The highest BCUT2D eigenvalue weighted by Gasteiger charge is 2.33. The summed E-state index contributed by atoms with van der Waals surface area (Å²) in [4.78, 5) is 16.6. The molecule has 1 unspecified atom stereocenters. The monoisotopic (exact) mass is 275 g/mol. The van der Waals surface area contributed by atoms with Gasteiger partial charge in [-0.25, -0.2) is 0 Å². The van der Waals surface area contributed by atoms with Crippen LogP contribution >= 0.6 is 0 Å². The molecule has 20 heavy (non-hydrogen) atoms. The van der Waals surface area contributed by atoms with Crippen molar-refractivity contribution in [2.45, 2.75) is 20.3 Å². The van der Waals surface area contributed by atoms with Gasteiger partial charge in [0.2, 0.25) is 5.91 Å². The van der Waals surface area contributed by atoms with Gasteiger partial charge in [-0.2, -0.15) is 0 Å². The van der Waals surface area contributed by atoms with Crippen LogP contribution in [-0.2, 0) is 4.79 Å². The molecule has 1 amide bonds. The number of carbonyl (C=O) groups is 1. The molecule has 110 valence electrons. The van der Waals surface area contributed by atoms with E-state index < -0.39 is 0 Å². The molecule has 4 heteroatoms. The van der Waals surface area contributed by atoms with Gasteiger partial charge in [-0.3, -0.25) is 9.69 Å². The van der Waals surface area contributed by atoms with E-state index in [1.54, 1.807) is 0 Å². The fraction of sp³-hybridized carbons (Fsp3) is 0.562. The maximum Gasteiger partial charge on any atom is 0.241 e. The molecule has 0 saturated carbocycles. The van der Waals surface area contributed by atoms with Gasteiger partial charge in [0.1, 0.15) is 0 Å². The Balaban J connectivity index is 1.97. The molecule has 1 aliphatic heterocycles. The van der Waals surface area contributed by atoms with Gasteiger partial charge in [-0.1, -0.05) is 25.1 Å². The Labute approximate surface area is 121 Å². The van der Waals surface area contributed by atoms with E-state index in [2.05, 4.69) is 11.8 Å². The van der Waals surface area contributed by atoms with Gasteiger partial charge in [0.15, 0.2) is 0 Å². The van der Waals surface area contributed by atoms with Crippen molar-refractivity contribution in [1.82, 2.24) is 4.90 Å². The predicted molar refractivity (Wildman–Crippen MR) is 82.7 cm³/mol. The van der Waals surface area contributed by atoms with Gasteiger partial charge in [0.05, 0.1) is 6.54 Å². The number of likely N-dealkylation sites (N-methyl/N-ethyl adjacent to an activating group) is 1. The molecule has 1 aromatic carbocycles. The molecule has 2 N–H and O–H groups in total. The number of nitrogens with zero attached hydrogens (tertiary/aromatic N) is 2. The van der Waals surface area contributed by atoms with Crippen molar-refractivity contribution in [2.24, 2.45) is 11.1 Å². The number of carbonyl (C=O) groups excluding carboxylic acids is 1. The number of anilines is 1. The molecule has 1 aromatic rings. The molecular formula is C16H25N3O. The first-order valence-electron chi connectivity index (χ1n) is 7.36. The number of hydrogen-bond acceptors (Lipinski definition) is 3. The molecule has 1 aliphatic rings. The normalized spacial score (nSPS) is 22.9. The first-order chi connectivity index (χ1) is 9.58. The van der Waals surface area contributed by atoms with Gasteiger partial charge < -0.3 is 10.6 Å². The Bertz CT molecular complexity index is 448. The topological polar surface area (TPSA) is 49.6 Å². The predicted octanol–water partition coefficient (Wildman–Crippen LogP) is 1.71. The van der Waals surface area contributed by atoms with Crippen molar-refractivity contribution in [3.63, 3.8) is 0 Å². The van der Waals surface area contributed by atoms with Crippen molar-refractivity contribution >= 4 is 11.6 Å². The van der Waals surface area contributed by atoms with Crippen LogP contribution in [0.15, 0.2) is 30.3 Å². The van der Waals surface area contributed by atoms with Crippen LogP contribution in [0.2, 0.25) is 0 Å². The molecule has 1 fully saturated rings. The average Bonchev–Trinajstić information content (AvgIpc) is 2.83. The molecule has 0 bridgehead atoms. The Morgan fingerprint density at radius 1 is 1.40 bits per heavy atom. The number of rotatable bonds is 5. The number of likely N-dealkylation sites (tertiary alicyclic amines) is 1. The molecular weight excluding hydrogens is 250 g/mol. The lowest BCUT2D eigenvalue weighted by molar-refractivity contribution is -0.119. The third kappa shape index (κ3) is 3.38. The van der Waals surface area contributed by atoms with Gasteiger partial charge in [0, 0.05) is 18.8 Å². The standard InChI is InChI=1S/C16H25N3O/c1-3-19(14-7-5-4-6-8-14)15(20)11-18-10-9-16(2,12-17)13-18/h4-8H,3,9-13,17H2,1-2H3. The highest BCUT2D eigenvalue weighted by Crippen LogP contribution is 2.28. The highest BCUT2D eigenvalue weighted by atomic mass is 16.2. The lowest BCUT2D eigenvalue weighted by Crippen LogP contribution is -2.41. The van der Waals surface area contributed by atoms with Gasteiger partial charge in [0.25, 0.3) is 0 Å². The molecule has 0 spiro atoms. The zero-order valence-electron chi connectivity index (χ0n) is 12.5. The minimum atomic E-state index is 0.167. The number of nitrogens with two attached hydrogens (primary N) is 1. The minimum absolute atomic E-state index is 0.167. The zero-order chi connectivity index (χ0) is 14.6. The van der Waals surface area contributed by atoms with E-state index in [0.717, 1.165) is 25.2 Å². The van der Waals surface area contributed by atoms with Crippen LogP contribution in [0.3, 0.4) is 0 Å². The average molecular weight is 275 g/mol. The SMILES string of the molecule is CCN(C(=O)CN1CCC(C)(CN)C1)c1ccccc1. The number of amides is 1. The van der Waals surface area contributed by atoms with Crippen LogP contribution in [0.1, 0.15) is 20.3 Å². The Morgan fingerprint density at radius 2 is 2.10 bits per heavy atom. The highest BCUT2D eigenvalue weighted by molar-refractivity contribution is 5.94. The van der Waals surface area contributed by atoms with Crippen LogP contribution in [0.4, 0.5) is 5.69 Å². The van der Waals surface area contributed by atoms with Gasteiger partial charge in [-0.15, -0.1) is 0 Å². The van der Waals surface area contributed by atoms with Crippen LogP contribution in [-0.4, -0.2) is 43.5 Å². The Kier molecular flexibility index (Phi) is 4.78. The molecule has 2 rings (SSSR count). The summed E-state index contributed by atoms with van der Waals surface area (Å²) in [5, 5.41) is 0. The summed E-state index contributed by atoms with van der Waals surface area (Å²) in [5.74, 6) is 0.167. The first kappa shape index (κ1) is 15.0. The Hall–Kier alpha value is -1.39.